The predicted molar refractivity (Wildman–Crippen MR) is 72.3 cm³/mol. The van der Waals surface area contributed by atoms with Crippen LogP contribution in [0.5, 0.6) is 0 Å². The highest BCUT2D eigenvalue weighted by molar-refractivity contribution is 5.71. The lowest BCUT2D eigenvalue weighted by molar-refractivity contribution is 0.751. The Labute approximate surface area is 107 Å². The van der Waals surface area contributed by atoms with Crippen molar-refractivity contribution in [1.82, 2.24) is 9.55 Å². The average Bonchev–Trinajstić information content (AvgIpc) is 3.27. The van der Waals surface area contributed by atoms with Crippen molar-refractivity contribution in [3.05, 3.63) is 36.2 Å². The van der Waals surface area contributed by atoms with Gasteiger partial charge in [0.25, 0.3) is 0 Å². The van der Waals surface area contributed by atoms with E-state index < -0.39 is 0 Å². The van der Waals surface area contributed by atoms with E-state index in [1.807, 2.05) is 6.33 Å². The summed E-state index contributed by atoms with van der Waals surface area (Å²) < 4.78 is 2.12. The third kappa shape index (κ3) is 1.62. The Morgan fingerprint density at radius 2 is 2.00 bits per heavy atom. The highest BCUT2D eigenvalue weighted by Gasteiger charge is 2.27. The quantitative estimate of drug-likeness (QED) is 0.892. The van der Waals surface area contributed by atoms with Gasteiger partial charge in [0.1, 0.15) is 11.5 Å². The van der Waals surface area contributed by atoms with Crippen molar-refractivity contribution in [2.45, 2.75) is 37.6 Å². The van der Waals surface area contributed by atoms with Crippen LogP contribution in [0.15, 0.2) is 30.6 Å². The summed E-state index contributed by atoms with van der Waals surface area (Å²) in [6, 6.07) is 9.31. The Kier molecular flexibility index (Phi) is 2.04. The van der Waals surface area contributed by atoms with Crippen molar-refractivity contribution in [3.8, 4) is 11.3 Å². The third-order valence-corrected chi connectivity index (χ3v) is 3.98. The van der Waals surface area contributed by atoms with Crippen LogP contribution in [-0.4, -0.2) is 9.55 Å². The van der Waals surface area contributed by atoms with Gasteiger partial charge >= 0.3 is 0 Å². The van der Waals surface area contributed by atoms with E-state index >= 15 is 0 Å². The number of aromatic nitrogens is 2. The molecule has 0 spiro atoms. The number of benzene rings is 1. The number of hydrogen-bond acceptors (Lipinski definition) is 2. The molecule has 2 saturated carbocycles. The zero-order valence-corrected chi connectivity index (χ0v) is 10.3. The van der Waals surface area contributed by atoms with Crippen molar-refractivity contribution >= 4 is 5.82 Å². The maximum atomic E-state index is 6.22. The first-order valence-electron chi connectivity index (χ1n) is 6.75. The van der Waals surface area contributed by atoms with Crippen LogP contribution in [0.4, 0.5) is 5.82 Å². The van der Waals surface area contributed by atoms with Crippen molar-refractivity contribution in [3.63, 3.8) is 0 Å². The second kappa shape index (κ2) is 3.61. The molecule has 0 aliphatic heterocycles. The first kappa shape index (κ1) is 10.2. The van der Waals surface area contributed by atoms with Crippen molar-refractivity contribution in [1.29, 1.82) is 0 Å². The average molecular weight is 239 g/mol. The SMILES string of the molecule is Nc1c(-c2cccc(C3CC3)c2)ncn1C1CC1. The first-order valence-corrected chi connectivity index (χ1v) is 6.75. The number of imidazole rings is 1. The number of nitrogen functional groups attached to an aromatic ring is 1. The monoisotopic (exact) mass is 239 g/mol. The van der Waals surface area contributed by atoms with Gasteiger partial charge in [-0.25, -0.2) is 4.98 Å². The number of hydrogen-bond donors (Lipinski definition) is 1. The first-order chi connectivity index (χ1) is 8.83. The number of anilines is 1. The molecule has 2 fully saturated rings. The number of nitrogens with two attached hydrogens (primary N) is 1. The van der Waals surface area contributed by atoms with Gasteiger partial charge in [0.05, 0.1) is 6.33 Å². The Morgan fingerprint density at radius 1 is 1.17 bits per heavy atom. The molecule has 2 aliphatic carbocycles. The van der Waals surface area contributed by atoms with E-state index in [0.717, 1.165) is 23.0 Å². The van der Waals surface area contributed by atoms with E-state index in [1.54, 1.807) is 0 Å². The summed E-state index contributed by atoms with van der Waals surface area (Å²) in [5.41, 5.74) is 9.77. The fourth-order valence-electron chi connectivity index (χ4n) is 2.59. The van der Waals surface area contributed by atoms with Crippen LogP contribution < -0.4 is 5.73 Å². The van der Waals surface area contributed by atoms with E-state index in [9.17, 15) is 0 Å². The maximum Gasteiger partial charge on any atom is 0.131 e. The van der Waals surface area contributed by atoms with Gasteiger partial charge in [0, 0.05) is 11.6 Å². The summed E-state index contributed by atoms with van der Waals surface area (Å²) in [7, 11) is 0. The van der Waals surface area contributed by atoms with Gasteiger partial charge < -0.3 is 10.3 Å². The molecule has 0 unspecified atom stereocenters. The van der Waals surface area contributed by atoms with E-state index in [2.05, 4.69) is 33.8 Å². The molecule has 0 atom stereocenters. The van der Waals surface area contributed by atoms with Gasteiger partial charge in [-0.15, -0.1) is 0 Å². The molecule has 0 amide bonds. The highest BCUT2D eigenvalue weighted by Crippen LogP contribution is 2.42. The molecule has 0 radical (unpaired) electrons. The fourth-order valence-corrected chi connectivity index (χ4v) is 2.59. The second-order valence-corrected chi connectivity index (χ2v) is 5.52. The van der Waals surface area contributed by atoms with Gasteiger partial charge in [-0.1, -0.05) is 18.2 Å². The second-order valence-electron chi connectivity index (χ2n) is 5.52. The summed E-state index contributed by atoms with van der Waals surface area (Å²) in [6.07, 6.45) is 7.03. The summed E-state index contributed by atoms with van der Waals surface area (Å²) in [5, 5.41) is 0. The van der Waals surface area contributed by atoms with Gasteiger partial charge in [0.2, 0.25) is 0 Å². The molecule has 2 aliphatic rings. The molecule has 3 heteroatoms. The summed E-state index contributed by atoms with van der Waals surface area (Å²) in [4.78, 5) is 4.51. The predicted octanol–water partition coefficient (Wildman–Crippen LogP) is 3.34. The van der Waals surface area contributed by atoms with Crippen LogP contribution in [-0.2, 0) is 0 Å². The summed E-state index contributed by atoms with van der Waals surface area (Å²) in [6.45, 7) is 0. The van der Waals surface area contributed by atoms with Crippen molar-refractivity contribution in [2.24, 2.45) is 0 Å². The molecule has 3 nitrogen and oxygen atoms in total. The lowest BCUT2D eigenvalue weighted by Crippen LogP contribution is -1.99. The highest BCUT2D eigenvalue weighted by atomic mass is 15.2. The summed E-state index contributed by atoms with van der Waals surface area (Å²) in [5.74, 6) is 1.60. The smallest absolute Gasteiger partial charge is 0.131 e. The zero-order chi connectivity index (χ0) is 12.1. The molecule has 1 aromatic heterocycles. The van der Waals surface area contributed by atoms with E-state index in [-0.39, 0.29) is 0 Å². The minimum Gasteiger partial charge on any atom is -0.383 e. The lowest BCUT2D eigenvalue weighted by Gasteiger charge is -2.05. The molecule has 4 rings (SSSR count). The lowest BCUT2D eigenvalue weighted by atomic mass is 10.1. The van der Waals surface area contributed by atoms with Crippen LogP contribution in [0, 0.1) is 0 Å². The Balaban J connectivity index is 1.75. The maximum absolute atomic E-state index is 6.22. The minimum absolute atomic E-state index is 0.595. The van der Waals surface area contributed by atoms with Crippen LogP contribution in [0.1, 0.15) is 43.2 Å². The normalized spacial score (nSPS) is 19.1. The molecular weight excluding hydrogens is 222 g/mol. The Bertz CT molecular complexity index is 592. The molecule has 0 saturated heterocycles. The fraction of sp³-hybridized carbons (Fsp3) is 0.400. The molecule has 2 N–H and O–H groups in total. The molecule has 1 heterocycles. The molecule has 0 bridgehead atoms. The third-order valence-electron chi connectivity index (χ3n) is 3.98. The Hall–Kier alpha value is -1.77. The molecule has 18 heavy (non-hydrogen) atoms. The zero-order valence-electron chi connectivity index (χ0n) is 10.3. The van der Waals surface area contributed by atoms with Gasteiger partial charge in [-0.3, -0.25) is 0 Å². The van der Waals surface area contributed by atoms with Crippen molar-refractivity contribution < 1.29 is 0 Å². The molecule has 92 valence electrons. The van der Waals surface area contributed by atoms with Gasteiger partial charge in [-0.05, 0) is 43.2 Å². The van der Waals surface area contributed by atoms with E-state index in [4.69, 9.17) is 5.73 Å². The molecular formula is C15H17N3. The van der Waals surface area contributed by atoms with Crippen LogP contribution >= 0.6 is 0 Å². The summed E-state index contributed by atoms with van der Waals surface area (Å²) >= 11 is 0. The van der Waals surface area contributed by atoms with Crippen LogP contribution in [0.3, 0.4) is 0 Å². The standard InChI is InChI=1S/C15H17N3/c16-15-14(17-9-18(15)13-6-7-13)12-3-1-2-11(8-12)10-4-5-10/h1-3,8-10,13H,4-7,16H2. The Morgan fingerprint density at radius 3 is 2.72 bits per heavy atom. The molecule has 2 aromatic rings. The van der Waals surface area contributed by atoms with Gasteiger partial charge in [0.15, 0.2) is 0 Å². The minimum atomic E-state index is 0.595. The topological polar surface area (TPSA) is 43.8 Å². The van der Waals surface area contributed by atoms with E-state index in [1.165, 1.54) is 31.2 Å². The number of nitrogens with zero attached hydrogens (tertiary/aromatic N) is 2. The largest absolute Gasteiger partial charge is 0.383 e. The number of rotatable bonds is 3. The van der Waals surface area contributed by atoms with Crippen LogP contribution in [0.2, 0.25) is 0 Å². The molecule has 1 aromatic carbocycles. The van der Waals surface area contributed by atoms with Crippen molar-refractivity contribution in [2.75, 3.05) is 5.73 Å². The van der Waals surface area contributed by atoms with Crippen LogP contribution in [0.25, 0.3) is 11.3 Å². The van der Waals surface area contributed by atoms with E-state index in [0.29, 0.717) is 6.04 Å². The van der Waals surface area contributed by atoms with Gasteiger partial charge in [-0.2, -0.15) is 0 Å².